The monoisotopic (exact) mass is 686 g/mol. The van der Waals surface area contributed by atoms with Gasteiger partial charge in [0.1, 0.15) is 18.2 Å². The second-order valence-corrected chi connectivity index (χ2v) is 14.1. The molecule has 0 saturated carbocycles. The number of alkyl carbamates (subject to hydrolysis) is 1. The summed E-state index contributed by atoms with van der Waals surface area (Å²) in [6, 6.07) is 40.1. The molecule has 1 spiro atoms. The molecule has 2 fully saturated rings. The summed E-state index contributed by atoms with van der Waals surface area (Å²) in [7, 11) is 0. The molecule has 8 nitrogen and oxygen atoms in total. The Morgan fingerprint density at radius 3 is 1.94 bits per heavy atom. The van der Waals surface area contributed by atoms with Crippen LogP contribution in [-0.2, 0) is 32.8 Å². The summed E-state index contributed by atoms with van der Waals surface area (Å²) in [4.78, 5) is 45.6. The molecule has 2 heterocycles. The molecule has 2 aliphatic heterocycles. The van der Waals surface area contributed by atoms with Crippen molar-refractivity contribution in [3.63, 3.8) is 0 Å². The molecule has 0 unspecified atom stereocenters. The fourth-order valence-electron chi connectivity index (χ4n) is 7.59. The van der Waals surface area contributed by atoms with E-state index in [1.54, 1.807) is 0 Å². The first-order valence-electron chi connectivity index (χ1n) is 18.3. The van der Waals surface area contributed by atoms with Crippen LogP contribution in [0.3, 0.4) is 0 Å². The molecule has 6 rings (SSSR count). The Labute approximate surface area is 302 Å². The van der Waals surface area contributed by atoms with Gasteiger partial charge in [-0.05, 0) is 67.7 Å². The van der Waals surface area contributed by atoms with Gasteiger partial charge in [-0.15, -0.1) is 0 Å². The molecular formula is C43H50N4O4. The maximum atomic E-state index is 14.7. The van der Waals surface area contributed by atoms with Crippen LogP contribution in [0.2, 0.25) is 0 Å². The summed E-state index contributed by atoms with van der Waals surface area (Å²) in [5.74, 6) is -0.0819. The van der Waals surface area contributed by atoms with Gasteiger partial charge in [0.05, 0.1) is 0 Å². The largest absolute Gasteiger partial charge is 0.445 e. The highest BCUT2D eigenvalue weighted by atomic mass is 16.5. The topological polar surface area (TPSA) is 91.0 Å². The van der Waals surface area contributed by atoms with Crippen LogP contribution in [0.5, 0.6) is 0 Å². The lowest BCUT2D eigenvalue weighted by Crippen LogP contribution is -2.74. The lowest BCUT2D eigenvalue weighted by atomic mass is 9.73. The Balaban J connectivity index is 1.15. The van der Waals surface area contributed by atoms with Crippen molar-refractivity contribution in [1.82, 2.24) is 20.4 Å². The molecule has 0 bridgehead atoms. The van der Waals surface area contributed by atoms with Crippen LogP contribution in [0.25, 0.3) is 0 Å². The summed E-state index contributed by atoms with van der Waals surface area (Å²) >= 11 is 0. The van der Waals surface area contributed by atoms with E-state index in [2.05, 4.69) is 71.0 Å². The van der Waals surface area contributed by atoms with Crippen LogP contribution in [0, 0.1) is 0 Å². The summed E-state index contributed by atoms with van der Waals surface area (Å²) in [6.07, 6.45) is 3.47. The van der Waals surface area contributed by atoms with Crippen LogP contribution < -0.4 is 10.6 Å². The minimum Gasteiger partial charge on any atom is -0.445 e. The molecule has 2 aliphatic rings. The average molecular weight is 687 g/mol. The van der Waals surface area contributed by atoms with E-state index in [-0.39, 0.29) is 18.4 Å². The summed E-state index contributed by atoms with van der Waals surface area (Å²) in [5, 5.41) is 5.98. The van der Waals surface area contributed by atoms with E-state index < -0.39 is 23.1 Å². The molecule has 0 radical (unpaired) electrons. The number of rotatable bonds is 14. The normalized spacial score (nSPS) is 17.6. The number of hydrogen-bond donors (Lipinski definition) is 2. The number of benzene rings is 4. The highest BCUT2D eigenvalue weighted by Gasteiger charge is 2.55. The number of ether oxygens (including phenoxy) is 1. The number of nitrogens with zero attached hydrogens (tertiary/aromatic N) is 2. The number of amides is 3. The lowest BCUT2D eigenvalue weighted by Gasteiger charge is -2.54. The average Bonchev–Trinajstić information content (AvgIpc) is 3.18. The number of nitrogens with one attached hydrogen (secondary N) is 2. The SMILES string of the molecule is CC(CN1C(=O)[C@H](CCCCNC(=O)OCc2ccccc2)NC(=O)C12CCN(CCc1ccccc1)CC2)(c1ccccc1)c1ccccc1. The van der Waals surface area contributed by atoms with Gasteiger partial charge in [0.25, 0.3) is 0 Å². The minimum absolute atomic E-state index is 0.0272. The first-order chi connectivity index (χ1) is 24.9. The molecule has 2 saturated heterocycles. The molecule has 8 heteroatoms. The molecule has 4 aromatic carbocycles. The van der Waals surface area contributed by atoms with Crippen molar-refractivity contribution in [1.29, 1.82) is 0 Å². The molecule has 0 aromatic heterocycles. The quantitative estimate of drug-likeness (QED) is 0.148. The van der Waals surface area contributed by atoms with E-state index in [0.29, 0.717) is 45.2 Å². The van der Waals surface area contributed by atoms with Gasteiger partial charge in [-0.2, -0.15) is 0 Å². The van der Waals surface area contributed by atoms with Gasteiger partial charge in [-0.3, -0.25) is 9.59 Å². The van der Waals surface area contributed by atoms with Crippen molar-refractivity contribution >= 4 is 17.9 Å². The van der Waals surface area contributed by atoms with E-state index in [0.717, 1.165) is 42.7 Å². The van der Waals surface area contributed by atoms with Gasteiger partial charge in [-0.1, -0.05) is 121 Å². The third-order valence-electron chi connectivity index (χ3n) is 10.7. The molecule has 1 atom stereocenters. The molecule has 4 aromatic rings. The van der Waals surface area contributed by atoms with E-state index in [1.807, 2.05) is 77.7 Å². The maximum absolute atomic E-state index is 14.7. The second kappa shape index (κ2) is 16.8. The summed E-state index contributed by atoms with van der Waals surface area (Å²) in [5.41, 5.74) is 2.97. The summed E-state index contributed by atoms with van der Waals surface area (Å²) in [6.45, 7) is 5.62. The van der Waals surface area contributed by atoms with E-state index >= 15 is 0 Å². The van der Waals surface area contributed by atoms with Crippen molar-refractivity contribution < 1.29 is 19.1 Å². The van der Waals surface area contributed by atoms with Gasteiger partial charge in [0.15, 0.2) is 0 Å². The fourth-order valence-corrected chi connectivity index (χ4v) is 7.59. The van der Waals surface area contributed by atoms with Crippen molar-refractivity contribution in [3.05, 3.63) is 144 Å². The Morgan fingerprint density at radius 1 is 0.804 bits per heavy atom. The Kier molecular flexibility index (Phi) is 11.8. The minimum atomic E-state index is -0.925. The number of piperidine rings is 1. The van der Waals surface area contributed by atoms with Gasteiger partial charge in [0.2, 0.25) is 11.8 Å². The maximum Gasteiger partial charge on any atom is 0.407 e. The molecule has 51 heavy (non-hydrogen) atoms. The Morgan fingerprint density at radius 2 is 1.35 bits per heavy atom. The third kappa shape index (κ3) is 8.68. The van der Waals surface area contributed by atoms with Gasteiger partial charge < -0.3 is 25.2 Å². The molecule has 0 aliphatic carbocycles. The molecular weight excluding hydrogens is 636 g/mol. The smallest absolute Gasteiger partial charge is 0.407 e. The lowest BCUT2D eigenvalue weighted by molar-refractivity contribution is -0.162. The van der Waals surface area contributed by atoms with E-state index in [1.165, 1.54) is 5.56 Å². The number of piperazine rings is 1. The van der Waals surface area contributed by atoms with Crippen LogP contribution in [-0.4, -0.2) is 72.0 Å². The number of unbranched alkanes of at least 4 members (excludes halogenated alkanes) is 1. The summed E-state index contributed by atoms with van der Waals surface area (Å²) < 4.78 is 5.33. The Hall–Kier alpha value is -4.95. The highest BCUT2D eigenvalue weighted by Crippen LogP contribution is 2.40. The second-order valence-electron chi connectivity index (χ2n) is 14.1. The van der Waals surface area contributed by atoms with Crippen molar-refractivity contribution in [2.24, 2.45) is 0 Å². The van der Waals surface area contributed by atoms with E-state index in [9.17, 15) is 14.4 Å². The number of carbonyl (C=O) groups excluding carboxylic acids is 3. The van der Waals surface area contributed by atoms with Crippen molar-refractivity contribution in [2.45, 2.75) is 69.1 Å². The standard InChI is InChI=1S/C43H50N4O4/c1-42(36-20-10-4-11-21-36,37-22-12-5-13-23-37)33-47-39(48)38(24-14-15-28-44-41(50)51-32-35-18-8-3-9-19-35)45-40(49)43(47)26-30-46(31-27-43)29-25-34-16-6-2-7-17-34/h2-13,16-23,38H,14-15,24-33H2,1H3,(H,44,50)(H,45,49)/t38-/m0/s1. The molecule has 2 N–H and O–H groups in total. The first-order valence-corrected chi connectivity index (χ1v) is 18.3. The number of likely N-dealkylation sites (tertiary alicyclic amines) is 1. The van der Waals surface area contributed by atoms with Crippen LogP contribution in [0.4, 0.5) is 4.79 Å². The van der Waals surface area contributed by atoms with Crippen molar-refractivity contribution in [2.75, 3.05) is 32.7 Å². The van der Waals surface area contributed by atoms with Crippen LogP contribution in [0.15, 0.2) is 121 Å². The first kappa shape index (κ1) is 35.9. The van der Waals surface area contributed by atoms with Gasteiger partial charge in [-0.25, -0.2) is 4.79 Å². The Bertz CT molecular complexity index is 1670. The van der Waals surface area contributed by atoms with Crippen LogP contribution in [0.1, 0.15) is 61.3 Å². The third-order valence-corrected chi connectivity index (χ3v) is 10.7. The molecule has 3 amide bonds. The van der Waals surface area contributed by atoms with E-state index in [4.69, 9.17) is 4.74 Å². The zero-order chi connectivity index (χ0) is 35.5. The zero-order valence-electron chi connectivity index (χ0n) is 29.6. The van der Waals surface area contributed by atoms with Gasteiger partial charge >= 0.3 is 6.09 Å². The molecule has 266 valence electrons. The zero-order valence-corrected chi connectivity index (χ0v) is 29.6. The van der Waals surface area contributed by atoms with Crippen LogP contribution >= 0.6 is 0 Å². The van der Waals surface area contributed by atoms with Crippen molar-refractivity contribution in [3.8, 4) is 0 Å². The number of hydrogen-bond acceptors (Lipinski definition) is 5. The predicted octanol–water partition coefficient (Wildman–Crippen LogP) is 6.49. The van der Waals surface area contributed by atoms with Gasteiger partial charge in [0, 0.05) is 38.1 Å². The number of carbonyl (C=O) groups is 3. The highest BCUT2D eigenvalue weighted by molar-refractivity contribution is 6.00. The predicted molar refractivity (Wildman–Crippen MR) is 200 cm³/mol. The fraction of sp³-hybridized carbons (Fsp3) is 0.372.